The monoisotopic (exact) mass is 395 g/mol. The van der Waals surface area contributed by atoms with Crippen molar-refractivity contribution in [3.05, 3.63) is 47.2 Å². The van der Waals surface area contributed by atoms with Crippen LogP contribution in [0.15, 0.2) is 30.3 Å². The van der Waals surface area contributed by atoms with Crippen LogP contribution in [0.1, 0.15) is 48.4 Å². The van der Waals surface area contributed by atoms with Gasteiger partial charge in [-0.3, -0.25) is 4.79 Å². The van der Waals surface area contributed by atoms with Crippen molar-refractivity contribution in [2.75, 3.05) is 14.2 Å². The van der Waals surface area contributed by atoms with Crippen LogP contribution in [0.4, 0.5) is 0 Å². The van der Waals surface area contributed by atoms with Crippen molar-refractivity contribution >= 4 is 5.91 Å². The summed E-state index contributed by atoms with van der Waals surface area (Å²) in [5, 5.41) is 3.34. The van der Waals surface area contributed by atoms with Crippen LogP contribution in [0.3, 0.4) is 0 Å². The van der Waals surface area contributed by atoms with Gasteiger partial charge in [0.15, 0.2) is 0 Å². The van der Waals surface area contributed by atoms with Crippen molar-refractivity contribution in [3.8, 4) is 11.9 Å². The predicted octanol–water partition coefficient (Wildman–Crippen LogP) is 3.43. The Morgan fingerprint density at radius 1 is 1.07 bits per heavy atom. The zero-order chi connectivity index (χ0) is 20.4. The van der Waals surface area contributed by atoms with Gasteiger partial charge in [0.1, 0.15) is 0 Å². The quantitative estimate of drug-likeness (QED) is 0.811. The van der Waals surface area contributed by atoms with Crippen LogP contribution in [0.5, 0.6) is 11.9 Å². The van der Waals surface area contributed by atoms with E-state index in [-0.39, 0.29) is 24.4 Å². The number of aryl methyl sites for hydroxylation is 1. The molecule has 1 aromatic heterocycles. The molecule has 0 saturated heterocycles. The molecule has 1 amide bonds. The van der Waals surface area contributed by atoms with E-state index in [9.17, 15) is 4.79 Å². The Morgan fingerprint density at radius 2 is 1.79 bits per heavy atom. The Bertz CT molecular complexity index is 871. The van der Waals surface area contributed by atoms with E-state index in [0.717, 1.165) is 0 Å². The molecule has 6 heteroatoms. The Hall–Kier alpha value is -2.63. The van der Waals surface area contributed by atoms with Crippen molar-refractivity contribution in [1.82, 2.24) is 15.3 Å². The number of nitrogens with zero attached hydrogens (tertiary/aromatic N) is 2. The van der Waals surface area contributed by atoms with Gasteiger partial charge < -0.3 is 14.8 Å². The molecule has 4 atom stereocenters. The van der Waals surface area contributed by atoms with Crippen LogP contribution >= 0.6 is 0 Å². The smallest absolute Gasteiger partial charge is 0.319 e. The van der Waals surface area contributed by atoms with E-state index in [1.54, 1.807) is 7.11 Å². The van der Waals surface area contributed by atoms with Crippen molar-refractivity contribution in [2.24, 2.45) is 11.8 Å². The molecule has 2 fully saturated rings. The van der Waals surface area contributed by atoms with Crippen molar-refractivity contribution in [3.63, 3.8) is 0 Å². The average molecular weight is 396 g/mol. The average Bonchev–Trinajstić information content (AvgIpc) is 2.74. The van der Waals surface area contributed by atoms with Crippen LogP contribution < -0.4 is 14.8 Å². The fourth-order valence-electron chi connectivity index (χ4n) is 5.20. The molecule has 0 radical (unpaired) electrons. The molecule has 1 aromatic carbocycles. The maximum atomic E-state index is 13.0. The maximum Gasteiger partial charge on any atom is 0.319 e. The van der Waals surface area contributed by atoms with E-state index < -0.39 is 0 Å². The first-order valence-corrected chi connectivity index (χ1v) is 10.4. The molecule has 4 rings (SSSR count). The number of carbonyl (C=O) groups excluding carboxylic acids is 1. The fraction of sp³-hybridized carbons (Fsp3) is 0.522. The number of carbonyl (C=O) groups is 1. The second-order valence-corrected chi connectivity index (χ2v) is 8.10. The topological polar surface area (TPSA) is 73.3 Å². The number of ether oxygens (including phenoxy) is 2. The molecule has 6 nitrogen and oxygen atoms in total. The second kappa shape index (κ2) is 8.39. The standard InChI is InChI=1S/C23H29N3O3/c1-14-18(22(28-2)26-23(24-14)29-3)13-19(27)25-21-17-12-8-7-11-16(17)20(21)15-9-5-4-6-10-15/h4-6,9-10,16-17,20-21H,7-8,11-13H2,1-3H3,(H,25,27)/t16-,17-,20+,21+/m1/s1. The first kappa shape index (κ1) is 19.7. The van der Waals surface area contributed by atoms with Crippen molar-refractivity contribution < 1.29 is 14.3 Å². The van der Waals surface area contributed by atoms with Crippen LogP contribution in [-0.4, -0.2) is 36.1 Å². The number of hydrogen-bond donors (Lipinski definition) is 1. The van der Waals surface area contributed by atoms with Crippen LogP contribution in [0.2, 0.25) is 0 Å². The highest BCUT2D eigenvalue weighted by molar-refractivity contribution is 5.80. The van der Waals surface area contributed by atoms with Gasteiger partial charge in [0.25, 0.3) is 0 Å². The molecular formula is C23H29N3O3. The van der Waals surface area contributed by atoms with E-state index in [2.05, 4.69) is 39.6 Å². The second-order valence-electron chi connectivity index (χ2n) is 8.10. The summed E-state index contributed by atoms with van der Waals surface area (Å²) >= 11 is 0. The molecule has 1 N–H and O–H groups in total. The normalized spacial score (nSPS) is 25.5. The zero-order valence-electron chi connectivity index (χ0n) is 17.4. The summed E-state index contributed by atoms with van der Waals surface area (Å²) in [5.74, 6) is 2.05. The summed E-state index contributed by atoms with van der Waals surface area (Å²) in [6.45, 7) is 1.85. The predicted molar refractivity (Wildman–Crippen MR) is 110 cm³/mol. The van der Waals surface area contributed by atoms with E-state index in [1.165, 1.54) is 38.4 Å². The lowest BCUT2D eigenvalue weighted by atomic mass is 9.53. The van der Waals surface area contributed by atoms with E-state index >= 15 is 0 Å². The molecule has 154 valence electrons. The van der Waals surface area contributed by atoms with Gasteiger partial charge in [0, 0.05) is 17.5 Å². The van der Waals surface area contributed by atoms with Gasteiger partial charge in [-0.15, -0.1) is 0 Å². The number of aromatic nitrogens is 2. The maximum absolute atomic E-state index is 13.0. The number of hydrogen-bond acceptors (Lipinski definition) is 5. The molecule has 29 heavy (non-hydrogen) atoms. The summed E-state index contributed by atoms with van der Waals surface area (Å²) in [4.78, 5) is 21.5. The molecule has 0 bridgehead atoms. The lowest BCUT2D eigenvalue weighted by Crippen LogP contribution is -2.59. The number of methoxy groups -OCH3 is 2. The molecule has 2 saturated carbocycles. The summed E-state index contributed by atoms with van der Waals surface area (Å²) in [5.41, 5.74) is 2.75. The Morgan fingerprint density at radius 3 is 2.48 bits per heavy atom. The summed E-state index contributed by atoms with van der Waals surface area (Å²) in [6, 6.07) is 11.1. The van der Waals surface area contributed by atoms with E-state index in [0.29, 0.717) is 34.9 Å². The zero-order valence-corrected chi connectivity index (χ0v) is 17.4. The molecule has 2 aliphatic rings. The van der Waals surface area contributed by atoms with E-state index in [4.69, 9.17) is 9.47 Å². The minimum atomic E-state index is -0.00452. The van der Waals surface area contributed by atoms with Gasteiger partial charge in [-0.25, -0.2) is 4.98 Å². The molecule has 2 aromatic rings. The molecule has 0 spiro atoms. The summed E-state index contributed by atoms with van der Waals surface area (Å²) in [6.07, 6.45) is 5.22. The minimum absolute atomic E-state index is 0.00452. The van der Waals surface area contributed by atoms with E-state index in [1.807, 2.05) is 13.0 Å². The summed E-state index contributed by atoms with van der Waals surface area (Å²) in [7, 11) is 3.06. The third-order valence-corrected chi connectivity index (χ3v) is 6.57. The molecular weight excluding hydrogens is 366 g/mol. The third kappa shape index (κ3) is 3.80. The lowest BCUT2D eigenvalue weighted by molar-refractivity contribution is -0.124. The SMILES string of the molecule is COc1nc(C)c(CC(=O)N[C@H]2[C@@H]3CCCC[C@H]3[C@@H]2c2ccccc2)c(OC)n1. The van der Waals surface area contributed by atoms with Gasteiger partial charge in [0.05, 0.1) is 26.3 Å². The number of nitrogens with one attached hydrogen (secondary N) is 1. The lowest BCUT2D eigenvalue weighted by Gasteiger charge is -2.55. The van der Waals surface area contributed by atoms with Gasteiger partial charge >= 0.3 is 6.01 Å². The van der Waals surface area contributed by atoms with Crippen LogP contribution in [0.25, 0.3) is 0 Å². The van der Waals surface area contributed by atoms with Crippen LogP contribution in [-0.2, 0) is 11.2 Å². The first-order chi connectivity index (χ1) is 14.1. The van der Waals surface area contributed by atoms with Gasteiger partial charge in [-0.1, -0.05) is 43.2 Å². The molecule has 0 aliphatic heterocycles. The number of rotatable bonds is 6. The number of benzene rings is 1. The van der Waals surface area contributed by atoms with Gasteiger partial charge in [-0.05, 0) is 37.2 Å². The minimum Gasteiger partial charge on any atom is -0.481 e. The molecule has 1 heterocycles. The Balaban J connectivity index is 1.51. The molecule has 2 aliphatic carbocycles. The fourth-order valence-corrected chi connectivity index (χ4v) is 5.20. The first-order valence-electron chi connectivity index (χ1n) is 10.4. The third-order valence-electron chi connectivity index (χ3n) is 6.57. The van der Waals surface area contributed by atoms with Crippen LogP contribution in [0, 0.1) is 18.8 Å². The van der Waals surface area contributed by atoms with Gasteiger partial charge in [0.2, 0.25) is 11.8 Å². The van der Waals surface area contributed by atoms with Crippen molar-refractivity contribution in [1.29, 1.82) is 0 Å². The largest absolute Gasteiger partial charge is 0.481 e. The Kier molecular flexibility index (Phi) is 5.69. The van der Waals surface area contributed by atoms with Gasteiger partial charge in [-0.2, -0.15) is 4.98 Å². The highest BCUT2D eigenvalue weighted by Gasteiger charge is 2.51. The Labute approximate surface area is 172 Å². The summed E-state index contributed by atoms with van der Waals surface area (Å²) < 4.78 is 10.5. The molecule has 0 unspecified atom stereocenters. The van der Waals surface area contributed by atoms with Crippen molar-refractivity contribution in [2.45, 2.75) is 51.0 Å². The number of amides is 1. The number of fused-ring (bicyclic) bond motifs is 1. The highest BCUT2D eigenvalue weighted by Crippen LogP contribution is 2.54. The highest BCUT2D eigenvalue weighted by atomic mass is 16.5.